The summed E-state index contributed by atoms with van der Waals surface area (Å²) >= 11 is 0. The molecule has 1 saturated heterocycles. The van der Waals surface area contributed by atoms with Crippen LogP contribution in [0, 0.1) is 5.92 Å². The molecule has 2 unspecified atom stereocenters. The average Bonchev–Trinajstić information content (AvgIpc) is 2.92. The summed E-state index contributed by atoms with van der Waals surface area (Å²) in [5.41, 5.74) is 1.91. The molecule has 1 aromatic heterocycles. The summed E-state index contributed by atoms with van der Waals surface area (Å²) in [7, 11) is 0. The third kappa shape index (κ3) is 2.92. The molecule has 1 aromatic carbocycles. The number of piperidine rings is 1. The molecule has 4 heteroatoms. The summed E-state index contributed by atoms with van der Waals surface area (Å²) in [5.74, 6) is 1.05. The van der Waals surface area contributed by atoms with E-state index in [9.17, 15) is 5.11 Å². The predicted octanol–water partition coefficient (Wildman–Crippen LogP) is 2.54. The van der Waals surface area contributed by atoms with Crippen LogP contribution < -0.4 is 0 Å². The maximum absolute atomic E-state index is 9.92. The van der Waals surface area contributed by atoms with E-state index < -0.39 is 0 Å². The van der Waals surface area contributed by atoms with Gasteiger partial charge in [-0.15, -0.1) is 0 Å². The molecule has 2 aromatic rings. The van der Waals surface area contributed by atoms with Crippen LogP contribution in [0.3, 0.4) is 0 Å². The normalized spacial score (nSPS) is 23.9. The molecule has 0 radical (unpaired) electrons. The molecule has 106 valence electrons. The fraction of sp³-hybridized carbons (Fsp3) is 0.438. The number of aliphatic hydroxyl groups is 1. The molecule has 4 nitrogen and oxygen atoms in total. The number of aromatic nitrogens is 1. The van der Waals surface area contributed by atoms with Gasteiger partial charge in [-0.3, -0.25) is 4.90 Å². The Hall–Kier alpha value is -1.65. The van der Waals surface area contributed by atoms with Gasteiger partial charge in [0.15, 0.2) is 0 Å². The van der Waals surface area contributed by atoms with E-state index in [1.807, 2.05) is 30.3 Å². The monoisotopic (exact) mass is 272 g/mol. The van der Waals surface area contributed by atoms with E-state index in [4.69, 9.17) is 4.42 Å². The lowest BCUT2D eigenvalue weighted by molar-refractivity contribution is 0.0254. The van der Waals surface area contributed by atoms with Gasteiger partial charge in [-0.05, 0) is 31.0 Å². The summed E-state index contributed by atoms with van der Waals surface area (Å²) in [5, 5.41) is 9.92. The first-order chi connectivity index (χ1) is 9.72. The SMILES string of the molecule is CC1CCN(Cc2coc(-c3ccccc3)n2)CC1O. The van der Waals surface area contributed by atoms with Crippen molar-refractivity contribution in [3.8, 4) is 11.5 Å². The van der Waals surface area contributed by atoms with Crippen LogP contribution in [0.4, 0.5) is 0 Å². The first-order valence-electron chi connectivity index (χ1n) is 7.12. The maximum atomic E-state index is 9.92. The van der Waals surface area contributed by atoms with E-state index in [-0.39, 0.29) is 6.10 Å². The number of nitrogens with zero attached hydrogens (tertiary/aromatic N) is 2. The Morgan fingerprint density at radius 2 is 2.15 bits per heavy atom. The van der Waals surface area contributed by atoms with Crippen molar-refractivity contribution >= 4 is 0 Å². The van der Waals surface area contributed by atoms with Crippen molar-refractivity contribution in [3.05, 3.63) is 42.3 Å². The highest BCUT2D eigenvalue weighted by Crippen LogP contribution is 2.21. The quantitative estimate of drug-likeness (QED) is 0.933. The van der Waals surface area contributed by atoms with Crippen molar-refractivity contribution in [2.75, 3.05) is 13.1 Å². The van der Waals surface area contributed by atoms with E-state index in [2.05, 4.69) is 16.8 Å². The zero-order chi connectivity index (χ0) is 13.9. The van der Waals surface area contributed by atoms with Crippen LogP contribution >= 0.6 is 0 Å². The summed E-state index contributed by atoms with van der Waals surface area (Å²) < 4.78 is 5.54. The Morgan fingerprint density at radius 3 is 2.90 bits per heavy atom. The largest absolute Gasteiger partial charge is 0.444 e. The Morgan fingerprint density at radius 1 is 1.35 bits per heavy atom. The highest BCUT2D eigenvalue weighted by atomic mass is 16.3. The smallest absolute Gasteiger partial charge is 0.226 e. The number of hydrogen-bond donors (Lipinski definition) is 1. The molecular formula is C16H20N2O2. The number of oxazole rings is 1. The fourth-order valence-electron chi connectivity index (χ4n) is 2.58. The first-order valence-corrected chi connectivity index (χ1v) is 7.12. The maximum Gasteiger partial charge on any atom is 0.226 e. The van der Waals surface area contributed by atoms with Crippen LogP contribution in [0.15, 0.2) is 41.0 Å². The second kappa shape index (κ2) is 5.77. The lowest BCUT2D eigenvalue weighted by Crippen LogP contribution is -2.42. The van der Waals surface area contributed by atoms with Gasteiger partial charge >= 0.3 is 0 Å². The van der Waals surface area contributed by atoms with Crippen molar-refractivity contribution in [3.63, 3.8) is 0 Å². The van der Waals surface area contributed by atoms with Gasteiger partial charge < -0.3 is 9.52 Å². The van der Waals surface area contributed by atoms with E-state index in [1.165, 1.54) is 0 Å². The number of likely N-dealkylation sites (tertiary alicyclic amines) is 1. The number of β-amino-alcohol motifs (C(OH)–C–C–N with tert-alkyl or cyclic N) is 1. The molecule has 3 rings (SSSR count). The van der Waals surface area contributed by atoms with Gasteiger partial charge in [-0.1, -0.05) is 25.1 Å². The van der Waals surface area contributed by atoms with Gasteiger partial charge in [-0.2, -0.15) is 0 Å². The zero-order valence-electron chi connectivity index (χ0n) is 11.7. The zero-order valence-corrected chi connectivity index (χ0v) is 11.7. The lowest BCUT2D eigenvalue weighted by atomic mass is 9.96. The van der Waals surface area contributed by atoms with Gasteiger partial charge in [0.2, 0.25) is 5.89 Å². The van der Waals surface area contributed by atoms with Crippen molar-refractivity contribution in [1.82, 2.24) is 9.88 Å². The number of hydrogen-bond acceptors (Lipinski definition) is 4. The molecule has 1 N–H and O–H groups in total. The van der Waals surface area contributed by atoms with Crippen molar-refractivity contribution in [2.45, 2.75) is 26.0 Å². The Kier molecular flexibility index (Phi) is 3.85. The van der Waals surface area contributed by atoms with Gasteiger partial charge in [0, 0.05) is 18.7 Å². The average molecular weight is 272 g/mol. The number of rotatable bonds is 3. The molecular weight excluding hydrogens is 252 g/mol. The van der Waals surface area contributed by atoms with Crippen LogP contribution in [-0.4, -0.2) is 34.2 Å². The predicted molar refractivity (Wildman–Crippen MR) is 77.0 cm³/mol. The minimum atomic E-state index is -0.232. The molecule has 20 heavy (non-hydrogen) atoms. The van der Waals surface area contributed by atoms with Crippen molar-refractivity contribution in [1.29, 1.82) is 0 Å². The molecule has 0 aliphatic carbocycles. The molecule has 0 amide bonds. The van der Waals surface area contributed by atoms with Crippen LogP contribution in [0.5, 0.6) is 0 Å². The molecule has 2 heterocycles. The fourth-order valence-corrected chi connectivity index (χ4v) is 2.58. The first kappa shape index (κ1) is 13.3. The molecule has 0 spiro atoms. The standard InChI is InChI=1S/C16H20N2O2/c1-12-7-8-18(10-15(12)19)9-14-11-20-16(17-14)13-5-3-2-4-6-13/h2-6,11-12,15,19H,7-10H2,1H3. The van der Waals surface area contributed by atoms with Crippen molar-refractivity contribution < 1.29 is 9.52 Å². The van der Waals surface area contributed by atoms with E-state index >= 15 is 0 Å². The summed E-state index contributed by atoms with van der Waals surface area (Å²) in [4.78, 5) is 6.76. The highest BCUT2D eigenvalue weighted by Gasteiger charge is 2.24. The Bertz CT molecular complexity index is 553. The second-order valence-electron chi connectivity index (χ2n) is 5.58. The lowest BCUT2D eigenvalue weighted by Gasteiger charge is -2.33. The van der Waals surface area contributed by atoms with Crippen molar-refractivity contribution in [2.24, 2.45) is 5.92 Å². The van der Waals surface area contributed by atoms with Gasteiger partial charge in [0.1, 0.15) is 6.26 Å². The van der Waals surface area contributed by atoms with Gasteiger partial charge in [-0.25, -0.2) is 4.98 Å². The summed E-state index contributed by atoms with van der Waals surface area (Å²) in [6.45, 7) is 4.56. The van der Waals surface area contributed by atoms with Crippen LogP contribution in [0.1, 0.15) is 19.0 Å². The van der Waals surface area contributed by atoms with Gasteiger partial charge in [0.05, 0.1) is 11.8 Å². The summed E-state index contributed by atoms with van der Waals surface area (Å²) in [6, 6.07) is 9.90. The molecule has 1 fully saturated rings. The minimum absolute atomic E-state index is 0.232. The molecule has 0 bridgehead atoms. The van der Waals surface area contributed by atoms with Crippen LogP contribution in [-0.2, 0) is 6.54 Å². The third-order valence-electron chi connectivity index (χ3n) is 3.96. The van der Waals surface area contributed by atoms with Crippen LogP contribution in [0.2, 0.25) is 0 Å². The number of benzene rings is 1. The number of aliphatic hydroxyl groups excluding tert-OH is 1. The van der Waals surface area contributed by atoms with Gasteiger partial charge in [0.25, 0.3) is 0 Å². The minimum Gasteiger partial charge on any atom is -0.444 e. The topological polar surface area (TPSA) is 49.5 Å². The summed E-state index contributed by atoms with van der Waals surface area (Å²) in [6.07, 6.45) is 2.52. The molecule has 1 aliphatic rings. The van der Waals surface area contributed by atoms with Crippen LogP contribution in [0.25, 0.3) is 11.5 Å². The second-order valence-corrected chi connectivity index (χ2v) is 5.58. The third-order valence-corrected chi connectivity index (χ3v) is 3.96. The highest BCUT2D eigenvalue weighted by molar-refractivity contribution is 5.52. The van der Waals surface area contributed by atoms with E-state index in [0.717, 1.165) is 30.8 Å². The molecule has 1 aliphatic heterocycles. The Balaban J connectivity index is 1.66. The van der Waals surface area contributed by atoms with E-state index in [0.29, 0.717) is 18.4 Å². The molecule has 2 atom stereocenters. The Labute approximate surface area is 119 Å². The molecule has 0 saturated carbocycles. The van der Waals surface area contributed by atoms with E-state index in [1.54, 1.807) is 6.26 Å².